The van der Waals surface area contributed by atoms with Gasteiger partial charge in [-0.3, -0.25) is 14.7 Å². The normalized spacial score (nSPS) is 17.4. The summed E-state index contributed by atoms with van der Waals surface area (Å²) in [5.41, 5.74) is -0.355. The number of rotatable bonds is 7. The molecule has 1 fully saturated rings. The summed E-state index contributed by atoms with van der Waals surface area (Å²) < 4.78 is 5.39. The zero-order chi connectivity index (χ0) is 18.0. The molecule has 0 bridgehead atoms. The van der Waals surface area contributed by atoms with Crippen molar-refractivity contribution in [3.63, 3.8) is 0 Å². The summed E-state index contributed by atoms with van der Waals surface area (Å²) in [4.78, 5) is 18.9. The molecule has 1 aliphatic heterocycles. The van der Waals surface area contributed by atoms with Crippen LogP contribution in [-0.4, -0.2) is 75.3 Å². The smallest absolute Gasteiger partial charge is 0.225 e. The summed E-state index contributed by atoms with van der Waals surface area (Å²) in [7, 11) is 0. The van der Waals surface area contributed by atoms with Gasteiger partial charge in [0.1, 0.15) is 0 Å². The van der Waals surface area contributed by atoms with Crippen LogP contribution in [0.15, 0.2) is 4.99 Å². The average molecular weight is 469 g/mol. The Bertz CT molecular complexity index is 406. The molecule has 1 atom stereocenters. The van der Waals surface area contributed by atoms with Gasteiger partial charge in [0.05, 0.1) is 19.8 Å². The van der Waals surface area contributed by atoms with Gasteiger partial charge in [0, 0.05) is 44.2 Å². The highest BCUT2D eigenvalue weighted by molar-refractivity contribution is 14.0. The largest absolute Gasteiger partial charge is 0.379 e. The first-order chi connectivity index (χ1) is 11.3. The molecule has 1 aliphatic rings. The Morgan fingerprint density at radius 2 is 1.76 bits per heavy atom. The third-order valence-corrected chi connectivity index (χ3v) is 3.91. The van der Waals surface area contributed by atoms with Crippen LogP contribution in [-0.2, 0) is 9.53 Å². The molecule has 3 N–H and O–H groups in total. The van der Waals surface area contributed by atoms with Crippen LogP contribution in [0.4, 0.5) is 0 Å². The number of aliphatic imine (C=N–C) groups is 1. The van der Waals surface area contributed by atoms with E-state index in [0.29, 0.717) is 19.1 Å². The molecule has 1 amide bonds. The number of nitrogens with zero attached hydrogens (tertiary/aromatic N) is 2. The Balaban J connectivity index is 0.00000576. The third kappa shape index (κ3) is 10.2. The molecule has 1 saturated heterocycles. The highest BCUT2D eigenvalue weighted by Gasteiger charge is 2.20. The third-order valence-electron chi connectivity index (χ3n) is 3.91. The molecule has 1 unspecified atom stereocenters. The average Bonchev–Trinajstić information content (AvgIpc) is 2.55. The number of ether oxygens (including phenoxy) is 1. The van der Waals surface area contributed by atoms with Crippen molar-refractivity contribution in [3.05, 3.63) is 0 Å². The van der Waals surface area contributed by atoms with Crippen LogP contribution >= 0.6 is 24.0 Å². The van der Waals surface area contributed by atoms with Gasteiger partial charge in [-0.1, -0.05) is 20.8 Å². The van der Waals surface area contributed by atoms with Crippen molar-refractivity contribution < 1.29 is 9.53 Å². The molecule has 0 aromatic heterocycles. The maximum Gasteiger partial charge on any atom is 0.225 e. The molecule has 0 aromatic rings. The molecule has 0 aliphatic carbocycles. The summed E-state index contributed by atoms with van der Waals surface area (Å²) in [5.74, 6) is 0.856. The van der Waals surface area contributed by atoms with Crippen LogP contribution < -0.4 is 16.0 Å². The van der Waals surface area contributed by atoms with Crippen LogP contribution in [0.25, 0.3) is 0 Å². The second kappa shape index (κ2) is 12.7. The molecular weight excluding hydrogens is 433 g/mol. The van der Waals surface area contributed by atoms with E-state index >= 15 is 0 Å². The fourth-order valence-electron chi connectivity index (χ4n) is 2.32. The number of hydrogen-bond acceptors (Lipinski definition) is 4. The Hall–Kier alpha value is -0.610. The fourth-order valence-corrected chi connectivity index (χ4v) is 2.32. The highest BCUT2D eigenvalue weighted by atomic mass is 127. The van der Waals surface area contributed by atoms with E-state index < -0.39 is 0 Å². The molecule has 0 radical (unpaired) electrons. The van der Waals surface area contributed by atoms with Crippen LogP contribution in [0, 0.1) is 5.41 Å². The molecule has 25 heavy (non-hydrogen) atoms. The van der Waals surface area contributed by atoms with Crippen molar-refractivity contribution in [2.75, 3.05) is 52.5 Å². The van der Waals surface area contributed by atoms with Crippen LogP contribution in [0.3, 0.4) is 0 Å². The van der Waals surface area contributed by atoms with Crippen molar-refractivity contribution >= 4 is 35.8 Å². The first-order valence-electron chi connectivity index (χ1n) is 8.97. The second-order valence-electron chi connectivity index (χ2n) is 7.15. The number of guanidine groups is 1. The summed E-state index contributed by atoms with van der Waals surface area (Å²) in [6.45, 7) is 16.3. The number of morpholine rings is 1. The van der Waals surface area contributed by atoms with Gasteiger partial charge in [-0.25, -0.2) is 0 Å². The first-order valence-corrected chi connectivity index (χ1v) is 8.97. The zero-order valence-electron chi connectivity index (χ0n) is 16.4. The van der Waals surface area contributed by atoms with Crippen molar-refractivity contribution in [2.24, 2.45) is 10.4 Å². The van der Waals surface area contributed by atoms with E-state index in [4.69, 9.17) is 4.74 Å². The molecule has 8 heteroatoms. The number of halogens is 1. The predicted octanol–water partition coefficient (Wildman–Crippen LogP) is 1.04. The predicted molar refractivity (Wildman–Crippen MR) is 114 cm³/mol. The van der Waals surface area contributed by atoms with E-state index in [-0.39, 0.29) is 35.3 Å². The Labute approximate surface area is 169 Å². The zero-order valence-corrected chi connectivity index (χ0v) is 18.7. The lowest BCUT2D eigenvalue weighted by atomic mass is 9.96. The van der Waals surface area contributed by atoms with E-state index in [1.165, 1.54) is 0 Å². The Morgan fingerprint density at radius 3 is 2.32 bits per heavy atom. The van der Waals surface area contributed by atoms with E-state index in [1.807, 2.05) is 27.7 Å². The minimum absolute atomic E-state index is 0. The first kappa shape index (κ1) is 24.4. The minimum Gasteiger partial charge on any atom is -0.379 e. The monoisotopic (exact) mass is 469 g/mol. The molecule has 0 saturated carbocycles. The van der Waals surface area contributed by atoms with Crippen molar-refractivity contribution in [3.8, 4) is 0 Å². The summed E-state index contributed by atoms with van der Waals surface area (Å²) in [5, 5.41) is 9.44. The molecule has 7 nitrogen and oxygen atoms in total. The van der Waals surface area contributed by atoms with E-state index in [0.717, 1.165) is 45.4 Å². The molecular formula is C17H36IN5O2. The van der Waals surface area contributed by atoms with Gasteiger partial charge >= 0.3 is 0 Å². The lowest BCUT2D eigenvalue weighted by molar-refractivity contribution is -0.128. The number of carbonyl (C=O) groups is 1. The molecule has 1 rings (SSSR count). The highest BCUT2D eigenvalue weighted by Crippen LogP contribution is 2.11. The van der Waals surface area contributed by atoms with E-state index in [2.05, 4.69) is 32.8 Å². The van der Waals surface area contributed by atoms with Crippen molar-refractivity contribution in [2.45, 2.75) is 40.7 Å². The fraction of sp³-hybridized carbons (Fsp3) is 0.882. The topological polar surface area (TPSA) is 78.0 Å². The number of nitrogens with one attached hydrogen (secondary N) is 3. The number of hydrogen-bond donors (Lipinski definition) is 3. The maximum absolute atomic E-state index is 11.8. The van der Waals surface area contributed by atoms with Gasteiger partial charge in [0.2, 0.25) is 5.91 Å². The van der Waals surface area contributed by atoms with Crippen LogP contribution in [0.5, 0.6) is 0 Å². The quantitative estimate of drug-likeness (QED) is 0.225. The van der Waals surface area contributed by atoms with Gasteiger partial charge in [0.25, 0.3) is 0 Å². The van der Waals surface area contributed by atoms with Gasteiger partial charge in [-0.15, -0.1) is 24.0 Å². The summed E-state index contributed by atoms with van der Waals surface area (Å²) in [6, 6.07) is 0.393. The lowest BCUT2D eigenvalue weighted by Crippen LogP contribution is -2.45. The summed E-state index contributed by atoms with van der Waals surface area (Å²) >= 11 is 0. The van der Waals surface area contributed by atoms with Crippen molar-refractivity contribution in [1.82, 2.24) is 20.9 Å². The standard InChI is InChI=1S/C17H35N5O2.HI/c1-6-18-16(20-8-7-19-15(23)17(3,4)5)21-13-14(2)22-9-11-24-12-10-22;/h14H,6-13H2,1-5H3,(H,19,23)(H2,18,20,21);1H. The van der Waals surface area contributed by atoms with Gasteiger partial charge in [0.15, 0.2) is 5.96 Å². The second-order valence-corrected chi connectivity index (χ2v) is 7.15. The summed E-state index contributed by atoms with van der Waals surface area (Å²) in [6.07, 6.45) is 0. The van der Waals surface area contributed by atoms with Gasteiger partial charge in [-0.05, 0) is 13.8 Å². The van der Waals surface area contributed by atoms with Crippen LogP contribution in [0.1, 0.15) is 34.6 Å². The number of carbonyl (C=O) groups excluding carboxylic acids is 1. The van der Waals surface area contributed by atoms with Gasteiger partial charge in [-0.2, -0.15) is 0 Å². The van der Waals surface area contributed by atoms with Gasteiger partial charge < -0.3 is 20.7 Å². The Morgan fingerprint density at radius 1 is 1.16 bits per heavy atom. The molecule has 0 aromatic carbocycles. The van der Waals surface area contributed by atoms with Crippen LogP contribution in [0.2, 0.25) is 0 Å². The molecule has 148 valence electrons. The minimum atomic E-state index is -0.355. The van der Waals surface area contributed by atoms with Crippen molar-refractivity contribution in [1.29, 1.82) is 0 Å². The molecule has 0 spiro atoms. The molecule has 1 heterocycles. The lowest BCUT2D eigenvalue weighted by Gasteiger charge is -2.31. The number of amides is 1. The SMILES string of the molecule is CCNC(=NCC(C)N1CCOCC1)NCCNC(=O)C(C)(C)C.I. The van der Waals surface area contributed by atoms with E-state index in [1.54, 1.807) is 0 Å². The Kier molecular flexibility index (Phi) is 12.4. The van der Waals surface area contributed by atoms with E-state index in [9.17, 15) is 4.79 Å². The maximum atomic E-state index is 11.8.